The zero-order valence-electron chi connectivity index (χ0n) is 22.2. The predicted molar refractivity (Wildman–Crippen MR) is 145 cm³/mol. The predicted octanol–water partition coefficient (Wildman–Crippen LogP) is 3.17. The van der Waals surface area contributed by atoms with Crippen molar-refractivity contribution >= 4 is 17.7 Å². The van der Waals surface area contributed by atoms with E-state index >= 15 is 0 Å². The van der Waals surface area contributed by atoms with Crippen LogP contribution in [0, 0.1) is 0 Å². The third-order valence-corrected chi connectivity index (χ3v) is 5.58. The molecule has 0 aliphatic rings. The number of unbranched alkanes of at least 4 members (excludes halogenated alkanes) is 2. The van der Waals surface area contributed by atoms with Crippen molar-refractivity contribution < 1.29 is 14.4 Å². The third-order valence-electron chi connectivity index (χ3n) is 5.58. The smallest absolute Gasteiger partial charge is 0.239 e. The molecule has 0 bridgehead atoms. The van der Waals surface area contributed by atoms with Crippen LogP contribution in [0.5, 0.6) is 0 Å². The summed E-state index contributed by atoms with van der Waals surface area (Å²) in [5, 5.41) is 5.87. The van der Waals surface area contributed by atoms with Gasteiger partial charge in [-0.05, 0) is 64.3 Å². The number of rotatable bonds is 22. The summed E-state index contributed by atoms with van der Waals surface area (Å²) in [6.45, 7) is 7.01. The van der Waals surface area contributed by atoms with Crippen molar-refractivity contribution in [2.45, 2.75) is 96.9 Å². The highest BCUT2D eigenvalue weighted by Gasteiger charge is 2.20. The number of hydrogen-bond donors (Lipinski definition) is 4. The standard InChI is InChI=1S/C27H51N5O3/c1-3-5-7-9-17-25(33)30-20-13-14-22-32(27(35)24(29)16-11-12-19-28)23-15-21-31-26(34)18-10-8-6-4-2/h5-8,24H,3-4,9-23,28-29H2,1-2H3,(H,30,33)(H,31,34)/b7-5-,8-6-/t24-/m0/s1. The maximum absolute atomic E-state index is 12.9. The van der Waals surface area contributed by atoms with Gasteiger partial charge >= 0.3 is 0 Å². The van der Waals surface area contributed by atoms with E-state index in [-0.39, 0.29) is 17.7 Å². The highest BCUT2D eigenvalue weighted by atomic mass is 16.2. The number of nitrogens with zero attached hydrogens (tertiary/aromatic N) is 1. The molecule has 0 saturated heterocycles. The number of carbonyl (C=O) groups excluding carboxylic acids is 3. The summed E-state index contributed by atoms with van der Waals surface area (Å²) in [5.41, 5.74) is 11.7. The Labute approximate surface area is 213 Å². The molecule has 3 amide bonds. The first kappa shape index (κ1) is 32.8. The number of carbonyl (C=O) groups is 3. The minimum absolute atomic E-state index is 0.0306. The highest BCUT2D eigenvalue weighted by Crippen LogP contribution is 2.06. The maximum atomic E-state index is 12.9. The first-order valence-corrected chi connectivity index (χ1v) is 13.5. The summed E-state index contributed by atoms with van der Waals surface area (Å²) >= 11 is 0. The van der Waals surface area contributed by atoms with Crippen LogP contribution in [0.1, 0.15) is 90.9 Å². The van der Waals surface area contributed by atoms with Crippen molar-refractivity contribution in [3.05, 3.63) is 24.3 Å². The molecular weight excluding hydrogens is 442 g/mol. The number of nitrogens with one attached hydrogen (secondary N) is 2. The summed E-state index contributed by atoms with van der Waals surface area (Å²) in [6.07, 6.45) is 17.2. The number of hydrogen-bond acceptors (Lipinski definition) is 5. The molecule has 8 heteroatoms. The van der Waals surface area contributed by atoms with Gasteiger partial charge in [0.25, 0.3) is 0 Å². The van der Waals surface area contributed by atoms with Gasteiger partial charge in [-0.15, -0.1) is 0 Å². The lowest BCUT2D eigenvalue weighted by Gasteiger charge is -2.26. The molecule has 0 aliphatic carbocycles. The second kappa shape index (κ2) is 23.5. The molecule has 0 aromatic carbocycles. The van der Waals surface area contributed by atoms with E-state index in [1.807, 2.05) is 12.2 Å². The molecule has 35 heavy (non-hydrogen) atoms. The monoisotopic (exact) mass is 493 g/mol. The molecule has 0 fully saturated rings. The van der Waals surface area contributed by atoms with Gasteiger partial charge in [0.2, 0.25) is 17.7 Å². The van der Waals surface area contributed by atoms with Crippen LogP contribution in [0.2, 0.25) is 0 Å². The number of nitrogens with two attached hydrogens (primary N) is 2. The van der Waals surface area contributed by atoms with E-state index in [0.29, 0.717) is 58.4 Å². The highest BCUT2D eigenvalue weighted by molar-refractivity contribution is 5.81. The Bertz CT molecular complexity index is 622. The Morgan fingerprint density at radius 2 is 1.31 bits per heavy atom. The van der Waals surface area contributed by atoms with Crippen molar-refractivity contribution in [1.82, 2.24) is 15.5 Å². The van der Waals surface area contributed by atoms with Gasteiger partial charge in [0.15, 0.2) is 0 Å². The van der Waals surface area contributed by atoms with E-state index in [4.69, 9.17) is 11.5 Å². The molecule has 0 aliphatic heterocycles. The molecule has 0 saturated carbocycles. The van der Waals surface area contributed by atoms with E-state index in [9.17, 15) is 14.4 Å². The molecule has 0 rings (SSSR count). The normalized spacial score (nSPS) is 12.2. The van der Waals surface area contributed by atoms with Crippen LogP contribution in [0.3, 0.4) is 0 Å². The molecule has 0 aromatic rings. The first-order valence-electron chi connectivity index (χ1n) is 13.5. The van der Waals surface area contributed by atoms with Gasteiger partial charge in [0, 0.05) is 39.0 Å². The quantitative estimate of drug-likeness (QED) is 0.136. The van der Waals surface area contributed by atoms with Crippen LogP contribution in [0.25, 0.3) is 0 Å². The lowest BCUT2D eigenvalue weighted by Crippen LogP contribution is -2.45. The summed E-state index contributed by atoms with van der Waals surface area (Å²) in [5.74, 6) is 0.0365. The van der Waals surface area contributed by atoms with Crippen LogP contribution < -0.4 is 22.1 Å². The number of allylic oxidation sites excluding steroid dienone is 4. The van der Waals surface area contributed by atoms with Gasteiger partial charge in [-0.2, -0.15) is 0 Å². The van der Waals surface area contributed by atoms with E-state index in [0.717, 1.165) is 51.4 Å². The zero-order valence-corrected chi connectivity index (χ0v) is 22.2. The van der Waals surface area contributed by atoms with Gasteiger partial charge in [0.05, 0.1) is 6.04 Å². The van der Waals surface area contributed by atoms with E-state index in [1.165, 1.54) is 0 Å². The van der Waals surface area contributed by atoms with E-state index in [1.54, 1.807) is 4.90 Å². The molecule has 0 aromatic heterocycles. The Balaban J connectivity index is 4.43. The van der Waals surface area contributed by atoms with Crippen molar-refractivity contribution in [3.63, 3.8) is 0 Å². The lowest BCUT2D eigenvalue weighted by molar-refractivity contribution is -0.133. The van der Waals surface area contributed by atoms with Gasteiger partial charge in [-0.3, -0.25) is 14.4 Å². The van der Waals surface area contributed by atoms with Crippen LogP contribution in [0.4, 0.5) is 0 Å². The molecule has 1 atom stereocenters. The SMILES string of the molecule is CC/C=C\CCC(=O)NCCCCN(CCCNC(=O)CC/C=C\CC)C(=O)[C@@H](N)CCCCN. The minimum Gasteiger partial charge on any atom is -0.356 e. The van der Waals surface area contributed by atoms with Crippen molar-refractivity contribution in [1.29, 1.82) is 0 Å². The summed E-state index contributed by atoms with van der Waals surface area (Å²) in [4.78, 5) is 38.5. The van der Waals surface area contributed by atoms with E-state index in [2.05, 4.69) is 36.6 Å². The summed E-state index contributed by atoms with van der Waals surface area (Å²) in [6, 6.07) is -0.530. The molecule has 0 spiro atoms. The maximum Gasteiger partial charge on any atom is 0.239 e. The number of amides is 3. The van der Waals surface area contributed by atoms with Gasteiger partial charge in [-0.1, -0.05) is 44.6 Å². The van der Waals surface area contributed by atoms with Gasteiger partial charge < -0.3 is 27.0 Å². The van der Waals surface area contributed by atoms with Crippen LogP contribution >= 0.6 is 0 Å². The van der Waals surface area contributed by atoms with Crippen LogP contribution in [-0.2, 0) is 14.4 Å². The summed E-state index contributed by atoms with van der Waals surface area (Å²) in [7, 11) is 0. The Kier molecular flexibility index (Phi) is 22.1. The topological polar surface area (TPSA) is 131 Å². The van der Waals surface area contributed by atoms with Crippen molar-refractivity contribution in [2.75, 3.05) is 32.7 Å². The molecule has 6 N–H and O–H groups in total. The molecule has 0 radical (unpaired) electrons. The largest absolute Gasteiger partial charge is 0.356 e. The average molecular weight is 494 g/mol. The van der Waals surface area contributed by atoms with Crippen LogP contribution in [-0.4, -0.2) is 61.4 Å². The first-order chi connectivity index (χ1) is 17.0. The third kappa shape index (κ3) is 19.8. The van der Waals surface area contributed by atoms with Crippen LogP contribution in [0.15, 0.2) is 24.3 Å². The summed E-state index contributed by atoms with van der Waals surface area (Å²) < 4.78 is 0. The van der Waals surface area contributed by atoms with Gasteiger partial charge in [-0.25, -0.2) is 0 Å². The fourth-order valence-electron chi connectivity index (χ4n) is 3.53. The van der Waals surface area contributed by atoms with Crippen molar-refractivity contribution in [3.8, 4) is 0 Å². The Morgan fingerprint density at radius 3 is 1.86 bits per heavy atom. The average Bonchev–Trinajstić information content (AvgIpc) is 2.85. The Morgan fingerprint density at radius 1 is 0.771 bits per heavy atom. The van der Waals surface area contributed by atoms with E-state index < -0.39 is 6.04 Å². The molecule has 8 nitrogen and oxygen atoms in total. The minimum atomic E-state index is -0.530. The fraction of sp³-hybridized carbons (Fsp3) is 0.741. The zero-order chi connectivity index (χ0) is 26.2. The lowest BCUT2D eigenvalue weighted by atomic mass is 10.1. The second-order valence-corrected chi connectivity index (χ2v) is 8.81. The van der Waals surface area contributed by atoms with Gasteiger partial charge in [0.1, 0.15) is 0 Å². The molecular formula is C27H51N5O3. The Hall–Kier alpha value is -2.19. The molecule has 202 valence electrons. The fourth-order valence-corrected chi connectivity index (χ4v) is 3.53. The second-order valence-electron chi connectivity index (χ2n) is 8.81. The molecule has 0 heterocycles. The molecule has 0 unspecified atom stereocenters. The van der Waals surface area contributed by atoms with Crippen molar-refractivity contribution in [2.24, 2.45) is 11.5 Å².